The Morgan fingerprint density at radius 1 is 0.889 bits per heavy atom. The van der Waals surface area contributed by atoms with Crippen molar-refractivity contribution in [3.8, 4) is 0 Å². The lowest BCUT2D eigenvalue weighted by molar-refractivity contribution is -0.118. The molecule has 0 heterocycles. The Kier molecular flexibility index (Phi) is 5.50. The van der Waals surface area contributed by atoms with Crippen LogP contribution in [0.15, 0.2) is 66.7 Å². The van der Waals surface area contributed by atoms with Crippen LogP contribution in [0.4, 0.5) is 10.1 Å². The van der Waals surface area contributed by atoms with Crippen LogP contribution in [0.2, 0.25) is 0 Å². The summed E-state index contributed by atoms with van der Waals surface area (Å²) in [5.74, 6) is -1.24. The van der Waals surface area contributed by atoms with E-state index in [9.17, 15) is 14.0 Å². The van der Waals surface area contributed by atoms with Crippen molar-refractivity contribution in [1.82, 2.24) is 5.32 Å². The molecule has 4 nitrogen and oxygen atoms in total. The van der Waals surface area contributed by atoms with Crippen molar-refractivity contribution in [2.75, 3.05) is 5.32 Å². The fourth-order valence-corrected chi connectivity index (χ4v) is 2.85. The molecule has 3 rings (SSSR count). The van der Waals surface area contributed by atoms with Gasteiger partial charge in [-0.2, -0.15) is 0 Å². The predicted octanol–water partition coefficient (Wildman–Crippen LogP) is 4.37. The van der Waals surface area contributed by atoms with E-state index < -0.39 is 17.8 Å². The summed E-state index contributed by atoms with van der Waals surface area (Å²) >= 11 is 0. The number of amides is 2. The number of nitrogens with one attached hydrogen (secondary N) is 2. The first-order chi connectivity index (χ1) is 12.9. The number of carbonyl (C=O) groups is 2. The average molecular weight is 364 g/mol. The highest BCUT2D eigenvalue weighted by Gasteiger charge is 2.24. The number of hydrogen-bond acceptors (Lipinski definition) is 2. The summed E-state index contributed by atoms with van der Waals surface area (Å²) in [6.45, 7) is 3.71. The van der Waals surface area contributed by atoms with Crippen LogP contribution in [0.5, 0.6) is 0 Å². The first-order valence-electron chi connectivity index (χ1n) is 8.80. The van der Waals surface area contributed by atoms with E-state index in [0.717, 1.165) is 10.8 Å². The topological polar surface area (TPSA) is 58.2 Å². The Morgan fingerprint density at radius 3 is 2.22 bits per heavy atom. The molecule has 0 unspecified atom stereocenters. The minimum atomic E-state index is -0.714. The molecule has 2 N–H and O–H groups in total. The van der Waals surface area contributed by atoms with Crippen molar-refractivity contribution in [2.24, 2.45) is 5.92 Å². The van der Waals surface area contributed by atoms with Gasteiger partial charge in [-0.25, -0.2) is 4.39 Å². The molecule has 3 aromatic rings. The summed E-state index contributed by atoms with van der Waals surface area (Å²) in [5.41, 5.74) is 0.973. The monoisotopic (exact) mass is 364 g/mol. The van der Waals surface area contributed by atoms with Crippen molar-refractivity contribution in [2.45, 2.75) is 19.9 Å². The minimum Gasteiger partial charge on any atom is -0.340 e. The molecule has 0 spiro atoms. The van der Waals surface area contributed by atoms with Crippen molar-refractivity contribution < 1.29 is 14.0 Å². The van der Waals surface area contributed by atoms with Gasteiger partial charge in [0.1, 0.15) is 11.9 Å². The fourth-order valence-electron chi connectivity index (χ4n) is 2.85. The molecule has 5 heteroatoms. The molecule has 3 aromatic carbocycles. The van der Waals surface area contributed by atoms with Crippen LogP contribution >= 0.6 is 0 Å². The first-order valence-corrected chi connectivity index (χ1v) is 8.80. The second-order valence-electron chi connectivity index (χ2n) is 6.75. The lowest BCUT2D eigenvalue weighted by Crippen LogP contribution is -2.47. The standard InChI is InChI=1S/C22H21FN2O2/c1-14(2)20(25-21(26)16-7-10-18(23)11-8-16)22(27)24-19-12-9-15-5-3-4-6-17(15)13-19/h3-14,20H,1-2H3,(H,24,27)(H,25,26)/t20-/m0/s1. The van der Waals surface area contributed by atoms with Gasteiger partial charge in [0.05, 0.1) is 0 Å². The first kappa shape index (κ1) is 18.6. The molecule has 0 bridgehead atoms. The number of rotatable bonds is 5. The summed E-state index contributed by atoms with van der Waals surface area (Å²) in [6, 6.07) is 18.0. The third kappa shape index (κ3) is 4.50. The van der Waals surface area contributed by atoms with Crippen LogP contribution in [0.25, 0.3) is 10.8 Å². The van der Waals surface area contributed by atoms with Gasteiger partial charge in [0.25, 0.3) is 5.91 Å². The molecule has 27 heavy (non-hydrogen) atoms. The van der Waals surface area contributed by atoms with E-state index in [-0.39, 0.29) is 11.8 Å². The van der Waals surface area contributed by atoms with E-state index >= 15 is 0 Å². The zero-order valence-corrected chi connectivity index (χ0v) is 15.2. The zero-order valence-electron chi connectivity index (χ0n) is 15.2. The average Bonchev–Trinajstić information content (AvgIpc) is 2.66. The maximum absolute atomic E-state index is 13.0. The predicted molar refractivity (Wildman–Crippen MR) is 105 cm³/mol. The second-order valence-corrected chi connectivity index (χ2v) is 6.75. The van der Waals surface area contributed by atoms with E-state index in [1.54, 1.807) is 0 Å². The van der Waals surface area contributed by atoms with Crippen molar-refractivity contribution in [3.05, 3.63) is 78.1 Å². The summed E-state index contributed by atoms with van der Waals surface area (Å²) < 4.78 is 13.0. The van der Waals surface area contributed by atoms with Crippen molar-refractivity contribution in [1.29, 1.82) is 0 Å². The van der Waals surface area contributed by atoms with E-state index in [1.807, 2.05) is 56.3 Å². The van der Waals surface area contributed by atoms with E-state index in [1.165, 1.54) is 24.3 Å². The van der Waals surface area contributed by atoms with Crippen LogP contribution in [-0.2, 0) is 4.79 Å². The Morgan fingerprint density at radius 2 is 1.56 bits per heavy atom. The Hall–Kier alpha value is -3.21. The molecule has 138 valence electrons. The quantitative estimate of drug-likeness (QED) is 0.706. The van der Waals surface area contributed by atoms with Crippen LogP contribution in [-0.4, -0.2) is 17.9 Å². The van der Waals surface area contributed by atoms with Gasteiger partial charge in [-0.15, -0.1) is 0 Å². The Balaban J connectivity index is 1.74. The van der Waals surface area contributed by atoms with Gasteiger partial charge >= 0.3 is 0 Å². The van der Waals surface area contributed by atoms with Gasteiger partial charge in [0, 0.05) is 11.3 Å². The van der Waals surface area contributed by atoms with Gasteiger partial charge in [0.15, 0.2) is 0 Å². The smallest absolute Gasteiger partial charge is 0.251 e. The molecule has 0 aliphatic heterocycles. The molecular weight excluding hydrogens is 343 g/mol. The number of benzene rings is 3. The van der Waals surface area contributed by atoms with Crippen LogP contribution < -0.4 is 10.6 Å². The normalized spacial score (nSPS) is 12.0. The van der Waals surface area contributed by atoms with Gasteiger partial charge in [-0.3, -0.25) is 9.59 Å². The zero-order chi connectivity index (χ0) is 19.4. The molecule has 0 radical (unpaired) electrons. The highest BCUT2D eigenvalue weighted by molar-refractivity contribution is 6.02. The van der Waals surface area contributed by atoms with E-state index in [4.69, 9.17) is 0 Å². The molecule has 0 aromatic heterocycles. The van der Waals surface area contributed by atoms with E-state index in [2.05, 4.69) is 10.6 Å². The second kappa shape index (κ2) is 7.99. The molecule has 0 aliphatic rings. The van der Waals surface area contributed by atoms with Crippen LogP contribution in [0.3, 0.4) is 0 Å². The number of anilines is 1. The largest absolute Gasteiger partial charge is 0.340 e. The summed E-state index contributed by atoms with van der Waals surface area (Å²) in [6.07, 6.45) is 0. The molecular formula is C22H21FN2O2. The highest BCUT2D eigenvalue weighted by Crippen LogP contribution is 2.19. The fraction of sp³-hybridized carbons (Fsp3) is 0.182. The Bertz CT molecular complexity index is 967. The molecule has 0 fully saturated rings. The third-order valence-corrected chi connectivity index (χ3v) is 4.36. The number of carbonyl (C=O) groups excluding carboxylic acids is 2. The van der Waals surface area contributed by atoms with Crippen molar-refractivity contribution >= 4 is 28.3 Å². The maximum Gasteiger partial charge on any atom is 0.251 e. The highest BCUT2D eigenvalue weighted by atomic mass is 19.1. The molecule has 0 aliphatic carbocycles. The summed E-state index contributed by atoms with van der Waals surface area (Å²) in [5, 5.41) is 7.71. The molecule has 0 saturated carbocycles. The lowest BCUT2D eigenvalue weighted by atomic mass is 10.0. The molecule has 2 amide bonds. The maximum atomic E-state index is 13.0. The summed E-state index contributed by atoms with van der Waals surface area (Å²) in [7, 11) is 0. The molecule has 1 atom stereocenters. The van der Waals surface area contributed by atoms with E-state index in [0.29, 0.717) is 11.3 Å². The third-order valence-electron chi connectivity index (χ3n) is 4.36. The SMILES string of the molecule is CC(C)[C@H](NC(=O)c1ccc(F)cc1)C(=O)Nc1ccc2ccccc2c1. The number of hydrogen-bond donors (Lipinski definition) is 2. The van der Waals surface area contributed by atoms with Gasteiger partial charge in [-0.1, -0.05) is 44.2 Å². The molecule has 0 saturated heterocycles. The van der Waals surface area contributed by atoms with Crippen molar-refractivity contribution in [3.63, 3.8) is 0 Å². The van der Waals surface area contributed by atoms with Gasteiger partial charge in [0.2, 0.25) is 5.91 Å². The van der Waals surface area contributed by atoms with Crippen LogP contribution in [0.1, 0.15) is 24.2 Å². The number of halogens is 1. The number of fused-ring (bicyclic) bond motifs is 1. The van der Waals surface area contributed by atoms with Gasteiger partial charge < -0.3 is 10.6 Å². The van der Waals surface area contributed by atoms with Crippen LogP contribution in [0, 0.1) is 11.7 Å². The minimum absolute atomic E-state index is 0.116. The Labute approximate surface area is 157 Å². The lowest BCUT2D eigenvalue weighted by Gasteiger charge is -2.22. The van der Waals surface area contributed by atoms with Gasteiger partial charge in [-0.05, 0) is 53.1 Å². The summed E-state index contributed by atoms with van der Waals surface area (Å²) in [4.78, 5) is 25.1.